The van der Waals surface area contributed by atoms with Gasteiger partial charge in [0.1, 0.15) is 0 Å². The first-order chi connectivity index (χ1) is 10.2. The highest BCUT2D eigenvalue weighted by Crippen LogP contribution is 2.20. The molecule has 0 spiro atoms. The van der Waals surface area contributed by atoms with Crippen molar-refractivity contribution in [3.05, 3.63) is 29.8 Å². The molecule has 0 aromatic heterocycles. The van der Waals surface area contributed by atoms with Crippen LogP contribution in [0.4, 0.5) is 5.69 Å². The van der Waals surface area contributed by atoms with E-state index in [-0.39, 0.29) is 5.91 Å². The highest BCUT2D eigenvalue weighted by Gasteiger charge is 2.11. The van der Waals surface area contributed by atoms with E-state index in [0.717, 1.165) is 38.2 Å². The topological polar surface area (TPSA) is 35.6 Å². The van der Waals surface area contributed by atoms with E-state index in [2.05, 4.69) is 27.2 Å². The van der Waals surface area contributed by atoms with Gasteiger partial charge in [0, 0.05) is 30.9 Å². The van der Waals surface area contributed by atoms with Crippen molar-refractivity contribution in [2.45, 2.75) is 25.7 Å². The van der Waals surface area contributed by atoms with E-state index in [1.54, 1.807) is 0 Å². The minimum atomic E-state index is 0.0268. The Kier molecular flexibility index (Phi) is 6.05. The van der Waals surface area contributed by atoms with Crippen LogP contribution in [-0.4, -0.2) is 51.1 Å². The Bertz CT molecular complexity index is 436. The van der Waals surface area contributed by atoms with Crippen LogP contribution in [0.1, 0.15) is 36.0 Å². The summed E-state index contributed by atoms with van der Waals surface area (Å²) in [6, 6.07) is 8.01. The molecule has 0 radical (unpaired) electrons. The van der Waals surface area contributed by atoms with Crippen LogP contribution in [-0.2, 0) is 0 Å². The molecule has 0 aliphatic carbocycles. The molecule has 1 aliphatic heterocycles. The van der Waals surface area contributed by atoms with Crippen molar-refractivity contribution in [3.63, 3.8) is 0 Å². The van der Waals surface area contributed by atoms with Gasteiger partial charge in [-0.15, -0.1) is 0 Å². The van der Waals surface area contributed by atoms with Crippen LogP contribution in [0.5, 0.6) is 0 Å². The monoisotopic (exact) mass is 289 g/mol. The van der Waals surface area contributed by atoms with Gasteiger partial charge in [-0.25, -0.2) is 0 Å². The Labute approximate surface area is 128 Å². The molecule has 1 heterocycles. The van der Waals surface area contributed by atoms with Gasteiger partial charge in [0.25, 0.3) is 5.91 Å². The fourth-order valence-electron chi connectivity index (χ4n) is 2.67. The zero-order valence-corrected chi connectivity index (χ0v) is 13.3. The van der Waals surface area contributed by atoms with E-state index in [0.29, 0.717) is 0 Å². The fraction of sp³-hybridized carbons (Fsp3) is 0.588. The van der Waals surface area contributed by atoms with E-state index >= 15 is 0 Å². The van der Waals surface area contributed by atoms with Crippen LogP contribution < -0.4 is 10.2 Å². The quantitative estimate of drug-likeness (QED) is 0.817. The number of rotatable bonds is 6. The molecule has 4 nitrogen and oxygen atoms in total. The number of hydrogen-bond donors (Lipinski definition) is 1. The molecule has 1 aromatic carbocycles. The number of piperidine rings is 1. The Morgan fingerprint density at radius 2 is 1.81 bits per heavy atom. The van der Waals surface area contributed by atoms with Crippen molar-refractivity contribution in [3.8, 4) is 0 Å². The number of anilines is 1. The summed E-state index contributed by atoms with van der Waals surface area (Å²) >= 11 is 0. The molecule has 116 valence electrons. The number of carbonyl (C=O) groups excluding carboxylic acids is 1. The van der Waals surface area contributed by atoms with Gasteiger partial charge in [-0.2, -0.15) is 0 Å². The predicted molar refractivity (Wildman–Crippen MR) is 88.0 cm³/mol. The van der Waals surface area contributed by atoms with Gasteiger partial charge in [0.15, 0.2) is 0 Å². The minimum absolute atomic E-state index is 0.0268. The molecular formula is C17H27N3O. The summed E-state index contributed by atoms with van der Waals surface area (Å²) in [5.74, 6) is 0.0268. The van der Waals surface area contributed by atoms with Gasteiger partial charge in [0.2, 0.25) is 0 Å². The molecule has 4 heteroatoms. The third-order valence-corrected chi connectivity index (χ3v) is 3.92. The second kappa shape index (κ2) is 8.03. The maximum absolute atomic E-state index is 12.0. The van der Waals surface area contributed by atoms with Gasteiger partial charge in [-0.1, -0.05) is 0 Å². The van der Waals surface area contributed by atoms with Gasteiger partial charge in [-0.3, -0.25) is 4.79 Å². The molecule has 1 amide bonds. The van der Waals surface area contributed by atoms with Gasteiger partial charge in [0.05, 0.1) is 0 Å². The van der Waals surface area contributed by atoms with Crippen molar-refractivity contribution in [1.82, 2.24) is 10.2 Å². The molecule has 1 aliphatic rings. The first-order valence-electron chi connectivity index (χ1n) is 7.95. The maximum atomic E-state index is 12.0. The van der Waals surface area contributed by atoms with Gasteiger partial charge in [-0.05, 0) is 70.6 Å². The van der Waals surface area contributed by atoms with Crippen LogP contribution >= 0.6 is 0 Å². The molecule has 0 saturated carbocycles. The molecule has 1 saturated heterocycles. The molecular weight excluding hydrogens is 262 g/mol. The fourth-order valence-corrected chi connectivity index (χ4v) is 2.67. The van der Waals surface area contributed by atoms with E-state index in [1.807, 2.05) is 26.2 Å². The van der Waals surface area contributed by atoms with E-state index in [1.165, 1.54) is 24.9 Å². The summed E-state index contributed by atoms with van der Waals surface area (Å²) in [6.45, 7) is 3.99. The van der Waals surface area contributed by atoms with Crippen molar-refractivity contribution >= 4 is 11.6 Å². The lowest BCUT2D eigenvalue weighted by Crippen LogP contribution is -2.29. The number of nitrogens with one attached hydrogen (secondary N) is 1. The second-order valence-corrected chi connectivity index (χ2v) is 6.01. The SMILES string of the molecule is CN(C)CCCNC(=O)c1ccc(N2CCCCC2)cc1. The first kappa shape index (κ1) is 15.8. The Morgan fingerprint density at radius 1 is 1.14 bits per heavy atom. The molecule has 21 heavy (non-hydrogen) atoms. The molecule has 0 unspecified atom stereocenters. The van der Waals surface area contributed by atoms with E-state index < -0.39 is 0 Å². The zero-order valence-electron chi connectivity index (χ0n) is 13.3. The van der Waals surface area contributed by atoms with Crippen LogP contribution in [0.3, 0.4) is 0 Å². The number of carbonyl (C=O) groups is 1. The van der Waals surface area contributed by atoms with Crippen molar-refractivity contribution in [2.24, 2.45) is 0 Å². The Balaban J connectivity index is 1.82. The summed E-state index contributed by atoms with van der Waals surface area (Å²) in [5, 5.41) is 2.97. The molecule has 1 fully saturated rings. The second-order valence-electron chi connectivity index (χ2n) is 6.01. The van der Waals surface area contributed by atoms with Crippen molar-refractivity contribution < 1.29 is 4.79 Å². The van der Waals surface area contributed by atoms with E-state index in [4.69, 9.17) is 0 Å². The molecule has 0 bridgehead atoms. The number of amides is 1. The predicted octanol–water partition coefficient (Wildman–Crippen LogP) is 2.36. The zero-order chi connectivity index (χ0) is 15.1. The average molecular weight is 289 g/mol. The minimum Gasteiger partial charge on any atom is -0.372 e. The highest BCUT2D eigenvalue weighted by atomic mass is 16.1. The number of nitrogens with zero attached hydrogens (tertiary/aromatic N) is 2. The largest absolute Gasteiger partial charge is 0.372 e. The molecule has 0 atom stereocenters. The van der Waals surface area contributed by atoms with Crippen LogP contribution in [0.25, 0.3) is 0 Å². The maximum Gasteiger partial charge on any atom is 0.251 e. The molecule has 1 aromatic rings. The van der Waals surface area contributed by atoms with Gasteiger partial charge < -0.3 is 15.1 Å². The average Bonchev–Trinajstić information content (AvgIpc) is 2.52. The summed E-state index contributed by atoms with van der Waals surface area (Å²) in [4.78, 5) is 16.6. The summed E-state index contributed by atoms with van der Waals surface area (Å²) in [5.41, 5.74) is 1.99. The summed E-state index contributed by atoms with van der Waals surface area (Å²) in [7, 11) is 4.09. The standard InChI is InChI=1S/C17H27N3O/c1-19(2)12-6-11-18-17(21)15-7-9-16(10-8-15)20-13-4-3-5-14-20/h7-10H,3-6,11-14H2,1-2H3,(H,18,21). The molecule has 2 rings (SSSR count). The van der Waals surface area contributed by atoms with Crippen molar-refractivity contribution in [2.75, 3.05) is 45.2 Å². The van der Waals surface area contributed by atoms with Gasteiger partial charge >= 0.3 is 0 Å². The van der Waals surface area contributed by atoms with Crippen LogP contribution in [0, 0.1) is 0 Å². The lowest BCUT2D eigenvalue weighted by atomic mass is 10.1. The Morgan fingerprint density at radius 3 is 2.43 bits per heavy atom. The summed E-state index contributed by atoms with van der Waals surface area (Å²) in [6.07, 6.45) is 4.86. The van der Waals surface area contributed by atoms with Crippen LogP contribution in [0.2, 0.25) is 0 Å². The van der Waals surface area contributed by atoms with Crippen LogP contribution in [0.15, 0.2) is 24.3 Å². The van der Waals surface area contributed by atoms with Crippen molar-refractivity contribution in [1.29, 1.82) is 0 Å². The molecule has 1 N–H and O–H groups in total. The normalized spacial score (nSPS) is 15.3. The first-order valence-corrected chi connectivity index (χ1v) is 7.95. The third kappa shape index (κ3) is 5.05. The number of benzene rings is 1. The van der Waals surface area contributed by atoms with E-state index in [9.17, 15) is 4.79 Å². The number of hydrogen-bond acceptors (Lipinski definition) is 3. The smallest absolute Gasteiger partial charge is 0.251 e. The Hall–Kier alpha value is -1.55. The third-order valence-electron chi connectivity index (χ3n) is 3.92. The highest BCUT2D eigenvalue weighted by molar-refractivity contribution is 5.94. The summed E-state index contributed by atoms with van der Waals surface area (Å²) < 4.78 is 0. The lowest BCUT2D eigenvalue weighted by Gasteiger charge is -2.28. The lowest BCUT2D eigenvalue weighted by molar-refractivity contribution is 0.0952.